The molecule has 4 heteroatoms. The molecule has 3 atom stereocenters. The van der Waals surface area contributed by atoms with E-state index < -0.39 is 0 Å². The molecule has 4 nitrogen and oxygen atoms in total. The third kappa shape index (κ3) is 3.90. The lowest BCUT2D eigenvalue weighted by Crippen LogP contribution is -2.35. The van der Waals surface area contributed by atoms with Crippen molar-refractivity contribution in [1.29, 1.82) is 0 Å². The number of nitrogens with two attached hydrogens (primary N) is 2. The van der Waals surface area contributed by atoms with Gasteiger partial charge in [0.1, 0.15) is 6.10 Å². The molecular weight excluding hydrogens is 264 g/mol. The third-order valence-electron chi connectivity index (χ3n) is 4.43. The number of hydrogen-bond donors (Lipinski definition) is 2. The molecule has 0 aliphatic heterocycles. The van der Waals surface area contributed by atoms with E-state index in [1.54, 1.807) is 18.2 Å². The quantitative estimate of drug-likeness (QED) is 0.660. The lowest BCUT2D eigenvalue weighted by atomic mass is 9.75. The average Bonchev–Trinajstić information content (AvgIpc) is 2.37. The van der Waals surface area contributed by atoms with Gasteiger partial charge in [0, 0.05) is 11.4 Å². The van der Waals surface area contributed by atoms with Crippen molar-refractivity contribution in [2.24, 2.45) is 17.8 Å². The number of hydrogen-bond acceptors (Lipinski definition) is 4. The Balaban J connectivity index is 2.12. The second-order valence-electron chi connectivity index (χ2n) is 6.66. The molecule has 0 amide bonds. The smallest absolute Gasteiger partial charge is 0.338 e. The van der Waals surface area contributed by atoms with Gasteiger partial charge in [-0.15, -0.1) is 0 Å². The van der Waals surface area contributed by atoms with Gasteiger partial charge in [0.05, 0.1) is 5.56 Å². The molecule has 0 spiro atoms. The second-order valence-corrected chi connectivity index (χ2v) is 6.66. The Hall–Kier alpha value is -1.71. The molecule has 1 fully saturated rings. The number of benzene rings is 1. The molecular formula is C17H26N2O2. The van der Waals surface area contributed by atoms with Gasteiger partial charge in [-0.25, -0.2) is 4.79 Å². The largest absolute Gasteiger partial charge is 0.458 e. The molecule has 1 aromatic rings. The van der Waals surface area contributed by atoms with Gasteiger partial charge in [-0.3, -0.25) is 0 Å². The maximum absolute atomic E-state index is 12.4. The summed E-state index contributed by atoms with van der Waals surface area (Å²) in [6.07, 6.45) is 3.26. The second kappa shape index (κ2) is 6.37. The van der Waals surface area contributed by atoms with E-state index >= 15 is 0 Å². The van der Waals surface area contributed by atoms with Crippen LogP contribution in [0.25, 0.3) is 0 Å². The predicted molar refractivity (Wildman–Crippen MR) is 85.8 cm³/mol. The Kier molecular flexibility index (Phi) is 4.76. The van der Waals surface area contributed by atoms with Crippen molar-refractivity contribution in [1.82, 2.24) is 0 Å². The number of carbonyl (C=O) groups excluding carboxylic acids is 1. The zero-order chi connectivity index (χ0) is 15.6. The van der Waals surface area contributed by atoms with Gasteiger partial charge in [-0.05, 0) is 48.8 Å². The molecule has 0 heterocycles. The molecule has 0 aromatic heterocycles. The summed E-state index contributed by atoms with van der Waals surface area (Å²) in [4.78, 5) is 12.4. The van der Waals surface area contributed by atoms with Gasteiger partial charge in [0.15, 0.2) is 0 Å². The van der Waals surface area contributed by atoms with Crippen LogP contribution in [0.5, 0.6) is 0 Å². The molecule has 0 unspecified atom stereocenters. The van der Waals surface area contributed by atoms with Crippen LogP contribution in [-0.4, -0.2) is 12.1 Å². The monoisotopic (exact) mass is 290 g/mol. The normalized spacial score (nSPS) is 25.8. The standard InChI is InChI=1S/C17H26N2O2/c1-10(2)15-5-4-11(3)6-16(15)21-17(20)12-7-13(18)9-14(19)8-12/h7-11,15-16H,4-6,18-19H2,1-3H3/t11-,15+,16-/m1/s1. The summed E-state index contributed by atoms with van der Waals surface area (Å²) in [5, 5.41) is 0. The maximum Gasteiger partial charge on any atom is 0.338 e. The van der Waals surface area contributed by atoms with Crippen LogP contribution < -0.4 is 11.5 Å². The van der Waals surface area contributed by atoms with Crippen molar-refractivity contribution in [2.75, 3.05) is 11.5 Å². The number of esters is 1. The van der Waals surface area contributed by atoms with E-state index in [0.29, 0.717) is 34.7 Å². The maximum atomic E-state index is 12.4. The fourth-order valence-electron chi connectivity index (χ4n) is 3.25. The van der Waals surface area contributed by atoms with Crippen LogP contribution in [0.1, 0.15) is 50.4 Å². The highest BCUT2D eigenvalue weighted by Crippen LogP contribution is 2.35. The first kappa shape index (κ1) is 15.7. The molecule has 0 saturated heterocycles. The van der Waals surface area contributed by atoms with Crippen molar-refractivity contribution < 1.29 is 9.53 Å². The number of ether oxygens (including phenoxy) is 1. The average molecular weight is 290 g/mol. The number of carbonyl (C=O) groups is 1. The highest BCUT2D eigenvalue weighted by Gasteiger charge is 2.33. The van der Waals surface area contributed by atoms with Crippen LogP contribution in [0.4, 0.5) is 11.4 Å². The van der Waals surface area contributed by atoms with E-state index in [2.05, 4.69) is 20.8 Å². The molecule has 1 aliphatic rings. The van der Waals surface area contributed by atoms with E-state index in [-0.39, 0.29) is 12.1 Å². The van der Waals surface area contributed by atoms with Crippen LogP contribution >= 0.6 is 0 Å². The third-order valence-corrected chi connectivity index (χ3v) is 4.43. The summed E-state index contributed by atoms with van der Waals surface area (Å²) in [5.41, 5.74) is 12.9. The highest BCUT2D eigenvalue weighted by atomic mass is 16.5. The van der Waals surface area contributed by atoms with Crippen molar-refractivity contribution >= 4 is 17.3 Å². The van der Waals surface area contributed by atoms with E-state index in [9.17, 15) is 4.79 Å². The minimum Gasteiger partial charge on any atom is -0.458 e. The molecule has 0 bridgehead atoms. The van der Waals surface area contributed by atoms with Crippen LogP contribution in [0.2, 0.25) is 0 Å². The van der Waals surface area contributed by atoms with Crippen molar-refractivity contribution in [3.63, 3.8) is 0 Å². The predicted octanol–water partition coefficient (Wildman–Crippen LogP) is 3.47. The van der Waals surface area contributed by atoms with Crippen LogP contribution in [0.15, 0.2) is 18.2 Å². The highest BCUT2D eigenvalue weighted by molar-refractivity contribution is 5.91. The molecule has 2 rings (SSSR count). The summed E-state index contributed by atoms with van der Waals surface area (Å²) in [6.45, 7) is 6.61. The first-order valence-electron chi connectivity index (χ1n) is 7.74. The summed E-state index contributed by atoms with van der Waals surface area (Å²) < 4.78 is 5.78. The minimum absolute atomic E-state index is 0.0103. The van der Waals surface area contributed by atoms with Gasteiger partial charge in [0.2, 0.25) is 0 Å². The van der Waals surface area contributed by atoms with E-state index in [1.165, 1.54) is 6.42 Å². The fourth-order valence-corrected chi connectivity index (χ4v) is 3.25. The van der Waals surface area contributed by atoms with Crippen molar-refractivity contribution in [3.05, 3.63) is 23.8 Å². The van der Waals surface area contributed by atoms with E-state index in [0.717, 1.165) is 12.8 Å². The van der Waals surface area contributed by atoms with Crippen molar-refractivity contribution in [2.45, 2.75) is 46.1 Å². The molecule has 21 heavy (non-hydrogen) atoms. The first-order valence-corrected chi connectivity index (χ1v) is 7.74. The van der Waals surface area contributed by atoms with Gasteiger partial charge in [-0.1, -0.05) is 27.2 Å². The molecule has 1 aliphatic carbocycles. The van der Waals surface area contributed by atoms with Crippen molar-refractivity contribution in [3.8, 4) is 0 Å². The van der Waals surface area contributed by atoms with Crippen LogP contribution in [0.3, 0.4) is 0 Å². The van der Waals surface area contributed by atoms with E-state index in [4.69, 9.17) is 16.2 Å². The summed E-state index contributed by atoms with van der Waals surface area (Å²) in [7, 11) is 0. The number of nitrogen functional groups attached to an aromatic ring is 2. The first-order chi connectivity index (χ1) is 9.86. The van der Waals surface area contributed by atoms with Gasteiger partial charge >= 0.3 is 5.97 Å². The zero-order valence-electron chi connectivity index (χ0n) is 13.1. The summed E-state index contributed by atoms with van der Waals surface area (Å²) in [5.74, 6) is 1.23. The van der Waals surface area contributed by atoms with Gasteiger partial charge in [0.25, 0.3) is 0 Å². The minimum atomic E-state index is -0.321. The topological polar surface area (TPSA) is 78.3 Å². The molecule has 116 valence electrons. The Labute approximate surface area is 126 Å². The van der Waals surface area contributed by atoms with Gasteiger partial charge in [-0.2, -0.15) is 0 Å². The molecule has 0 radical (unpaired) electrons. The lowest BCUT2D eigenvalue weighted by molar-refractivity contribution is -0.0174. The van der Waals surface area contributed by atoms with Crippen LogP contribution in [-0.2, 0) is 4.74 Å². The zero-order valence-corrected chi connectivity index (χ0v) is 13.1. The fraction of sp³-hybridized carbons (Fsp3) is 0.588. The molecule has 1 aromatic carbocycles. The lowest BCUT2D eigenvalue weighted by Gasteiger charge is -2.36. The number of anilines is 2. The summed E-state index contributed by atoms with van der Waals surface area (Å²) >= 11 is 0. The molecule has 1 saturated carbocycles. The summed E-state index contributed by atoms with van der Waals surface area (Å²) in [6, 6.07) is 4.88. The van der Waals surface area contributed by atoms with Gasteiger partial charge < -0.3 is 16.2 Å². The SMILES string of the molecule is CC(C)[C@@H]1CC[C@@H](C)C[C@H]1OC(=O)c1cc(N)cc(N)c1. The Bertz CT molecular complexity index is 493. The Morgan fingerprint density at radius 3 is 2.38 bits per heavy atom. The van der Waals surface area contributed by atoms with Crippen LogP contribution in [0, 0.1) is 17.8 Å². The molecule has 4 N–H and O–H groups in total. The number of rotatable bonds is 3. The van der Waals surface area contributed by atoms with E-state index in [1.807, 2.05) is 0 Å². The Morgan fingerprint density at radius 1 is 1.19 bits per heavy atom. The Morgan fingerprint density at radius 2 is 1.81 bits per heavy atom.